The normalized spacial score (nSPS) is 26.0. The Balaban J connectivity index is 0.00000106. The highest BCUT2D eigenvalue weighted by molar-refractivity contribution is 5.45. The van der Waals surface area contributed by atoms with Crippen molar-refractivity contribution in [3.63, 3.8) is 0 Å². The summed E-state index contributed by atoms with van der Waals surface area (Å²) < 4.78 is 6.71. The first-order valence-corrected chi connectivity index (χ1v) is 11.7. The van der Waals surface area contributed by atoms with Crippen molar-refractivity contribution >= 4 is 0 Å². The number of aliphatic hydroxyl groups is 1. The van der Waals surface area contributed by atoms with Gasteiger partial charge in [0.2, 0.25) is 0 Å². The van der Waals surface area contributed by atoms with Gasteiger partial charge in [0, 0.05) is 45.2 Å². The van der Waals surface area contributed by atoms with Crippen molar-refractivity contribution in [3.8, 4) is 0 Å². The molecule has 3 aliphatic rings. The molecule has 1 aliphatic carbocycles. The van der Waals surface area contributed by atoms with Gasteiger partial charge >= 0.3 is 0 Å². The average molecular weight is 409 g/mol. The molecule has 2 aromatic carbocycles. The largest absolute Gasteiger partial charge is 0.395 e. The summed E-state index contributed by atoms with van der Waals surface area (Å²) in [7, 11) is 0. The monoisotopic (exact) mass is 408 g/mol. The zero-order chi connectivity index (χ0) is 20.9. The summed E-state index contributed by atoms with van der Waals surface area (Å²) in [5.74, 6) is 0.459. The molecule has 0 amide bonds. The number of hydrogen-bond acceptors (Lipinski definition) is 4. The number of aliphatic hydroxyl groups excluding tert-OH is 1. The third-order valence-corrected chi connectivity index (χ3v) is 6.76. The Hall–Kier alpha value is -1.72. The van der Waals surface area contributed by atoms with Crippen molar-refractivity contribution in [3.05, 3.63) is 70.8 Å². The van der Waals surface area contributed by atoms with Crippen LogP contribution in [0.4, 0.5) is 0 Å². The van der Waals surface area contributed by atoms with Gasteiger partial charge in [-0.2, -0.15) is 0 Å². The number of piperazine rings is 1. The van der Waals surface area contributed by atoms with Crippen LogP contribution in [-0.4, -0.2) is 66.9 Å². The maximum Gasteiger partial charge on any atom is 0.0901 e. The number of hydrogen-bond donors (Lipinski definition) is 1. The number of ether oxygens (including phenoxy) is 1. The quantitative estimate of drug-likeness (QED) is 0.834. The number of nitrogens with zero attached hydrogens (tertiary/aromatic N) is 2. The van der Waals surface area contributed by atoms with Crippen molar-refractivity contribution in [2.45, 2.75) is 44.8 Å². The summed E-state index contributed by atoms with van der Waals surface area (Å²) in [6.07, 6.45) is 2.59. The van der Waals surface area contributed by atoms with E-state index < -0.39 is 0 Å². The third kappa shape index (κ3) is 4.47. The minimum Gasteiger partial charge on any atom is -0.395 e. The van der Waals surface area contributed by atoms with Gasteiger partial charge in [0.15, 0.2) is 0 Å². The summed E-state index contributed by atoms with van der Waals surface area (Å²) in [5.41, 5.74) is 5.75. The first-order valence-electron chi connectivity index (χ1n) is 11.7. The summed E-state index contributed by atoms with van der Waals surface area (Å²) in [6, 6.07) is 17.8. The van der Waals surface area contributed by atoms with Crippen molar-refractivity contribution in [1.29, 1.82) is 0 Å². The van der Waals surface area contributed by atoms with E-state index in [1.165, 1.54) is 22.3 Å². The van der Waals surface area contributed by atoms with E-state index in [4.69, 9.17) is 9.84 Å². The summed E-state index contributed by atoms with van der Waals surface area (Å²) in [6.45, 7) is 10.3. The molecular formula is C26H36N2O2. The Morgan fingerprint density at radius 1 is 0.867 bits per heavy atom. The van der Waals surface area contributed by atoms with Gasteiger partial charge in [-0.25, -0.2) is 0 Å². The van der Waals surface area contributed by atoms with Crippen LogP contribution in [0.5, 0.6) is 0 Å². The first-order chi connectivity index (χ1) is 14.8. The molecule has 2 heterocycles. The summed E-state index contributed by atoms with van der Waals surface area (Å²) >= 11 is 0. The van der Waals surface area contributed by atoms with Crippen LogP contribution in [0.3, 0.4) is 0 Å². The van der Waals surface area contributed by atoms with E-state index in [-0.39, 0.29) is 12.7 Å². The van der Waals surface area contributed by atoms with Crippen LogP contribution in [0.25, 0.3) is 0 Å². The predicted octanol–water partition coefficient (Wildman–Crippen LogP) is 3.84. The van der Waals surface area contributed by atoms with Crippen LogP contribution in [0, 0.1) is 0 Å². The zero-order valence-corrected chi connectivity index (χ0v) is 18.5. The highest BCUT2D eigenvalue weighted by atomic mass is 16.5. The lowest BCUT2D eigenvalue weighted by molar-refractivity contribution is 0.00797. The molecule has 0 aromatic heterocycles. The Kier molecular flexibility index (Phi) is 7.21. The Morgan fingerprint density at radius 3 is 2.17 bits per heavy atom. The van der Waals surface area contributed by atoms with Crippen molar-refractivity contribution in [1.82, 2.24) is 9.80 Å². The second-order valence-electron chi connectivity index (χ2n) is 8.46. The summed E-state index contributed by atoms with van der Waals surface area (Å²) in [4.78, 5) is 4.89. The highest BCUT2D eigenvalue weighted by Gasteiger charge is 2.41. The molecule has 1 N–H and O–H groups in total. The van der Waals surface area contributed by atoms with Crippen molar-refractivity contribution in [2.75, 3.05) is 45.9 Å². The molecule has 3 atom stereocenters. The highest BCUT2D eigenvalue weighted by Crippen LogP contribution is 2.49. The van der Waals surface area contributed by atoms with Crippen LogP contribution in [0.15, 0.2) is 48.5 Å². The molecular weight excluding hydrogens is 372 g/mol. The molecule has 0 radical (unpaired) electrons. The van der Waals surface area contributed by atoms with Gasteiger partial charge in [-0.15, -0.1) is 0 Å². The van der Waals surface area contributed by atoms with Crippen molar-refractivity contribution in [2.24, 2.45) is 0 Å². The van der Waals surface area contributed by atoms with Gasteiger partial charge in [-0.3, -0.25) is 9.80 Å². The average Bonchev–Trinajstić information content (AvgIpc) is 3.15. The van der Waals surface area contributed by atoms with Crippen LogP contribution in [0.1, 0.15) is 54.5 Å². The van der Waals surface area contributed by atoms with E-state index in [9.17, 15) is 0 Å². The number of fused-ring (bicyclic) bond motifs is 5. The second-order valence-corrected chi connectivity index (χ2v) is 8.46. The number of β-amino-alcohol motifs (C(OH)–C–C–N with tert-alkyl or cyclic N) is 1. The zero-order valence-electron chi connectivity index (χ0n) is 18.5. The van der Waals surface area contributed by atoms with Gasteiger partial charge in [0.05, 0.1) is 18.8 Å². The fraction of sp³-hybridized carbons (Fsp3) is 0.538. The predicted molar refractivity (Wildman–Crippen MR) is 122 cm³/mol. The lowest BCUT2D eigenvalue weighted by atomic mass is 9.87. The molecule has 2 aliphatic heterocycles. The van der Waals surface area contributed by atoms with Crippen LogP contribution >= 0.6 is 0 Å². The standard InChI is InChI=1S/C24H30N2O2.C2H6/c27-14-13-25-9-11-26(12-10-25)17-20-16-23-21-7-3-1-5-18(21)15-19-6-2-4-8-22(19)24(23)28-20;1-2/h1-8,20,23-24,27H,9-17H2;1-2H3. The summed E-state index contributed by atoms with van der Waals surface area (Å²) in [5, 5.41) is 9.14. The number of benzene rings is 2. The van der Waals surface area contributed by atoms with E-state index in [1.807, 2.05) is 13.8 Å². The van der Waals surface area contributed by atoms with E-state index in [1.54, 1.807) is 0 Å². The molecule has 162 valence electrons. The maximum absolute atomic E-state index is 9.14. The minimum absolute atomic E-state index is 0.181. The van der Waals surface area contributed by atoms with Gasteiger partial charge in [0.25, 0.3) is 0 Å². The smallest absolute Gasteiger partial charge is 0.0901 e. The van der Waals surface area contributed by atoms with Gasteiger partial charge in [-0.1, -0.05) is 62.4 Å². The van der Waals surface area contributed by atoms with E-state index >= 15 is 0 Å². The lowest BCUT2D eigenvalue weighted by Gasteiger charge is -2.35. The topological polar surface area (TPSA) is 35.9 Å². The van der Waals surface area contributed by atoms with Crippen LogP contribution < -0.4 is 0 Å². The molecule has 2 aromatic rings. The molecule has 5 rings (SSSR count). The molecule has 0 bridgehead atoms. The molecule has 0 saturated carbocycles. The molecule has 4 nitrogen and oxygen atoms in total. The van der Waals surface area contributed by atoms with E-state index in [2.05, 4.69) is 58.3 Å². The Labute approximate surface area is 181 Å². The van der Waals surface area contributed by atoms with Gasteiger partial charge in [-0.05, 0) is 35.1 Å². The van der Waals surface area contributed by atoms with Gasteiger partial charge in [0.1, 0.15) is 0 Å². The number of rotatable bonds is 4. The lowest BCUT2D eigenvalue weighted by Crippen LogP contribution is -2.49. The van der Waals surface area contributed by atoms with E-state index in [0.717, 1.165) is 52.1 Å². The fourth-order valence-corrected chi connectivity index (χ4v) is 5.32. The maximum atomic E-state index is 9.14. The van der Waals surface area contributed by atoms with E-state index in [0.29, 0.717) is 12.0 Å². The molecule has 4 heteroatoms. The Morgan fingerprint density at radius 2 is 1.47 bits per heavy atom. The second kappa shape index (κ2) is 10.1. The fourth-order valence-electron chi connectivity index (χ4n) is 5.32. The molecule has 2 saturated heterocycles. The van der Waals surface area contributed by atoms with Crippen LogP contribution in [0.2, 0.25) is 0 Å². The molecule has 3 unspecified atom stereocenters. The molecule has 30 heavy (non-hydrogen) atoms. The van der Waals surface area contributed by atoms with Crippen molar-refractivity contribution < 1.29 is 9.84 Å². The molecule has 2 fully saturated rings. The third-order valence-electron chi connectivity index (χ3n) is 6.76. The van der Waals surface area contributed by atoms with Crippen LogP contribution in [-0.2, 0) is 11.2 Å². The minimum atomic E-state index is 0.181. The van der Waals surface area contributed by atoms with Gasteiger partial charge < -0.3 is 9.84 Å². The SMILES string of the molecule is CC.OCCN1CCN(CC2CC3c4ccccc4Cc4ccccc4C3O2)CC1. The Bertz CT molecular complexity index is 763. The first kappa shape index (κ1) is 21.5. The molecule has 0 spiro atoms.